The maximum absolute atomic E-state index is 13.2. The Labute approximate surface area is 206 Å². The summed E-state index contributed by atoms with van der Waals surface area (Å²) in [6, 6.07) is 28.5. The molecule has 0 saturated carbocycles. The van der Waals surface area contributed by atoms with Crippen molar-refractivity contribution in [3.8, 4) is 23.0 Å². The summed E-state index contributed by atoms with van der Waals surface area (Å²) in [7, 11) is 0. The molecule has 2 heterocycles. The van der Waals surface area contributed by atoms with E-state index in [1.165, 1.54) is 4.90 Å². The van der Waals surface area contributed by atoms with Crippen LogP contribution in [0.4, 0.5) is 16.2 Å². The lowest BCUT2D eigenvalue weighted by Gasteiger charge is -2.22. The number of hydrogen-bond acceptors (Lipinski definition) is 6. The first kappa shape index (κ1) is 21.5. The number of Topliss-reactive ketones (excluding diaryl/α,β-unsaturated/α-hetero) is 1. The Morgan fingerprint density at radius 2 is 1.47 bits per heavy atom. The van der Waals surface area contributed by atoms with Crippen molar-refractivity contribution < 1.29 is 28.5 Å². The second kappa shape index (κ2) is 8.96. The maximum Gasteiger partial charge on any atom is 0.424 e. The Kier molecular flexibility index (Phi) is 5.35. The number of nitrogens with zero attached hydrogens (tertiary/aromatic N) is 1. The van der Waals surface area contributed by atoms with Gasteiger partial charge in [0.15, 0.2) is 17.3 Å². The van der Waals surface area contributed by atoms with Crippen molar-refractivity contribution in [3.63, 3.8) is 0 Å². The van der Waals surface area contributed by atoms with Gasteiger partial charge in [-0.1, -0.05) is 42.5 Å². The van der Waals surface area contributed by atoms with E-state index < -0.39 is 6.09 Å². The highest BCUT2D eigenvalue weighted by Gasteiger charge is 2.29. The standard InChI is InChI=1S/C29H19NO6/c31-28-23-13-12-22(17-25(23)36-27(28)16-19-11-14-24-26(15-19)34-18-33-24)35-29(32)30(20-7-3-1-4-8-20)21-9-5-2-6-10-21/h1-17H,18H2/b27-16-. The molecule has 0 aromatic heterocycles. The number of para-hydroxylation sites is 2. The van der Waals surface area contributed by atoms with Gasteiger partial charge in [0.2, 0.25) is 12.6 Å². The van der Waals surface area contributed by atoms with E-state index in [2.05, 4.69) is 0 Å². The number of allylic oxidation sites excluding steroid dienone is 1. The van der Waals surface area contributed by atoms with Crippen molar-refractivity contribution in [2.45, 2.75) is 0 Å². The van der Waals surface area contributed by atoms with Gasteiger partial charge < -0.3 is 18.9 Å². The number of hydrogen-bond donors (Lipinski definition) is 0. The topological polar surface area (TPSA) is 74.3 Å². The van der Waals surface area contributed by atoms with Gasteiger partial charge in [-0.15, -0.1) is 0 Å². The third-order valence-corrected chi connectivity index (χ3v) is 5.75. The van der Waals surface area contributed by atoms with Crippen molar-refractivity contribution in [3.05, 3.63) is 114 Å². The van der Waals surface area contributed by atoms with E-state index in [4.69, 9.17) is 18.9 Å². The van der Waals surface area contributed by atoms with Gasteiger partial charge in [-0.05, 0) is 60.2 Å². The van der Waals surface area contributed by atoms with Gasteiger partial charge in [0.1, 0.15) is 11.5 Å². The second-order valence-corrected chi connectivity index (χ2v) is 8.08. The molecule has 4 aromatic carbocycles. The molecule has 36 heavy (non-hydrogen) atoms. The number of ether oxygens (including phenoxy) is 4. The van der Waals surface area contributed by atoms with E-state index in [-0.39, 0.29) is 24.1 Å². The molecule has 176 valence electrons. The number of anilines is 2. The lowest BCUT2D eigenvalue weighted by atomic mass is 10.1. The van der Waals surface area contributed by atoms with Gasteiger partial charge in [-0.2, -0.15) is 0 Å². The van der Waals surface area contributed by atoms with Gasteiger partial charge in [-0.25, -0.2) is 9.69 Å². The fourth-order valence-electron chi connectivity index (χ4n) is 4.05. The summed E-state index contributed by atoms with van der Waals surface area (Å²) in [6.45, 7) is 0.170. The Balaban J connectivity index is 1.25. The van der Waals surface area contributed by atoms with Crippen molar-refractivity contribution in [1.82, 2.24) is 0 Å². The van der Waals surface area contributed by atoms with E-state index in [0.717, 1.165) is 5.56 Å². The van der Waals surface area contributed by atoms with Crippen LogP contribution in [0.2, 0.25) is 0 Å². The predicted molar refractivity (Wildman–Crippen MR) is 133 cm³/mol. The molecule has 7 nitrogen and oxygen atoms in total. The van der Waals surface area contributed by atoms with Gasteiger partial charge >= 0.3 is 6.09 Å². The van der Waals surface area contributed by atoms with Crippen LogP contribution in [0.3, 0.4) is 0 Å². The van der Waals surface area contributed by atoms with Gasteiger partial charge in [0, 0.05) is 6.07 Å². The highest BCUT2D eigenvalue weighted by molar-refractivity contribution is 6.14. The van der Waals surface area contributed by atoms with Crippen LogP contribution in [0.15, 0.2) is 103 Å². The van der Waals surface area contributed by atoms with Crippen LogP contribution in [-0.2, 0) is 0 Å². The summed E-state index contributed by atoms with van der Waals surface area (Å²) in [4.78, 5) is 27.6. The Morgan fingerprint density at radius 1 is 0.778 bits per heavy atom. The molecular weight excluding hydrogens is 458 g/mol. The number of fused-ring (bicyclic) bond motifs is 2. The van der Waals surface area contributed by atoms with E-state index >= 15 is 0 Å². The largest absolute Gasteiger partial charge is 0.454 e. The zero-order chi connectivity index (χ0) is 24.5. The molecule has 0 fully saturated rings. The Bertz CT molecular complexity index is 1460. The fraction of sp³-hybridized carbons (Fsp3) is 0.0345. The highest BCUT2D eigenvalue weighted by Crippen LogP contribution is 2.37. The van der Waals surface area contributed by atoms with Crippen molar-refractivity contribution in [1.29, 1.82) is 0 Å². The molecule has 2 aliphatic heterocycles. The summed E-state index contributed by atoms with van der Waals surface area (Å²) >= 11 is 0. The van der Waals surface area contributed by atoms with Crippen LogP contribution in [0, 0.1) is 0 Å². The first-order valence-electron chi connectivity index (χ1n) is 11.3. The van der Waals surface area contributed by atoms with E-state index in [1.807, 2.05) is 66.7 Å². The van der Waals surface area contributed by atoms with E-state index in [1.54, 1.807) is 36.4 Å². The minimum absolute atomic E-state index is 0.169. The zero-order valence-electron chi connectivity index (χ0n) is 18.9. The third-order valence-electron chi connectivity index (χ3n) is 5.75. The molecule has 0 unspecified atom stereocenters. The maximum atomic E-state index is 13.2. The monoisotopic (exact) mass is 477 g/mol. The third kappa shape index (κ3) is 4.03. The van der Waals surface area contributed by atoms with Crippen molar-refractivity contribution >= 4 is 29.3 Å². The van der Waals surface area contributed by atoms with Gasteiger partial charge in [0.25, 0.3) is 0 Å². The Hall–Kier alpha value is -5.04. The summed E-state index contributed by atoms with van der Waals surface area (Å²) < 4.78 is 22.3. The summed E-state index contributed by atoms with van der Waals surface area (Å²) in [5.74, 6) is 1.77. The van der Waals surface area contributed by atoms with Crippen LogP contribution in [0.25, 0.3) is 6.08 Å². The first-order valence-corrected chi connectivity index (χ1v) is 11.3. The number of rotatable bonds is 4. The smallest absolute Gasteiger partial charge is 0.424 e. The molecule has 0 saturated heterocycles. The zero-order valence-corrected chi connectivity index (χ0v) is 18.9. The van der Waals surface area contributed by atoms with Gasteiger partial charge in [0.05, 0.1) is 16.9 Å². The molecule has 4 aromatic rings. The van der Waals surface area contributed by atoms with Crippen molar-refractivity contribution in [2.75, 3.05) is 11.7 Å². The van der Waals surface area contributed by atoms with Crippen LogP contribution in [0.1, 0.15) is 15.9 Å². The molecule has 7 heteroatoms. The average Bonchev–Trinajstić information content (AvgIpc) is 3.49. The molecule has 2 aliphatic rings. The van der Waals surface area contributed by atoms with Crippen LogP contribution in [0.5, 0.6) is 23.0 Å². The average molecular weight is 477 g/mol. The number of ketones is 1. The Morgan fingerprint density at radius 3 is 2.19 bits per heavy atom. The van der Waals surface area contributed by atoms with Crippen LogP contribution >= 0.6 is 0 Å². The SMILES string of the molecule is O=C1/C(=C/c2ccc3c(c2)OCO3)Oc2cc(OC(=O)N(c3ccccc3)c3ccccc3)ccc21. The molecular formula is C29H19NO6. The lowest BCUT2D eigenvalue weighted by Crippen LogP contribution is -2.29. The van der Waals surface area contributed by atoms with Crippen LogP contribution in [-0.4, -0.2) is 18.7 Å². The summed E-state index contributed by atoms with van der Waals surface area (Å²) in [6.07, 6.45) is 1.05. The van der Waals surface area contributed by atoms with Gasteiger partial charge in [-0.3, -0.25) is 4.79 Å². The predicted octanol–water partition coefficient (Wildman–Crippen LogP) is 6.37. The number of carbonyl (C=O) groups excluding carboxylic acids is 2. The minimum Gasteiger partial charge on any atom is -0.454 e. The second-order valence-electron chi connectivity index (χ2n) is 8.08. The quantitative estimate of drug-likeness (QED) is 0.318. The number of amides is 1. The molecule has 1 amide bonds. The molecule has 0 aliphatic carbocycles. The van der Waals surface area contributed by atoms with Crippen LogP contribution < -0.4 is 23.8 Å². The molecule has 0 bridgehead atoms. The first-order chi connectivity index (χ1) is 17.7. The highest BCUT2D eigenvalue weighted by atomic mass is 16.7. The number of benzene rings is 4. The molecule has 0 N–H and O–H groups in total. The van der Waals surface area contributed by atoms with Crippen molar-refractivity contribution in [2.24, 2.45) is 0 Å². The van der Waals surface area contributed by atoms with E-state index in [0.29, 0.717) is 34.2 Å². The molecule has 0 atom stereocenters. The summed E-state index contributed by atoms with van der Waals surface area (Å²) in [5.41, 5.74) is 2.46. The summed E-state index contributed by atoms with van der Waals surface area (Å²) in [5, 5.41) is 0. The molecule has 6 rings (SSSR count). The molecule has 0 spiro atoms. The fourth-order valence-corrected chi connectivity index (χ4v) is 4.05. The lowest BCUT2D eigenvalue weighted by molar-refractivity contribution is 0.101. The minimum atomic E-state index is -0.590. The molecule has 0 radical (unpaired) electrons. The van der Waals surface area contributed by atoms with E-state index in [9.17, 15) is 9.59 Å². The normalized spacial score (nSPS) is 14.3. The number of carbonyl (C=O) groups is 2.